The molecule has 1 aliphatic rings. The smallest absolute Gasteiger partial charge is 0.134 e. The second-order valence-corrected chi connectivity index (χ2v) is 6.21. The van der Waals surface area contributed by atoms with Crippen molar-refractivity contribution in [3.63, 3.8) is 0 Å². The zero-order valence-electron chi connectivity index (χ0n) is 12.6. The van der Waals surface area contributed by atoms with Gasteiger partial charge in [-0.1, -0.05) is 13.3 Å². The van der Waals surface area contributed by atoms with Crippen LogP contribution in [-0.4, -0.2) is 6.54 Å². The van der Waals surface area contributed by atoms with E-state index < -0.39 is 0 Å². The molecule has 3 rings (SSSR count). The van der Waals surface area contributed by atoms with Crippen molar-refractivity contribution in [1.29, 1.82) is 0 Å². The summed E-state index contributed by atoms with van der Waals surface area (Å²) in [5, 5.41) is 3.55. The summed E-state index contributed by atoms with van der Waals surface area (Å²) < 4.78 is 5.67. The van der Waals surface area contributed by atoms with Gasteiger partial charge in [0.2, 0.25) is 0 Å². The number of rotatable bonds is 5. The molecule has 0 spiro atoms. The highest BCUT2D eigenvalue weighted by Crippen LogP contribution is 2.30. The predicted molar refractivity (Wildman–Crippen MR) is 87.0 cm³/mol. The van der Waals surface area contributed by atoms with Crippen molar-refractivity contribution < 1.29 is 4.42 Å². The lowest BCUT2D eigenvalue weighted by atomic mass is 10.1. The molecule has 1 aromatic heterocycles. The van der Waals surface area contributed by atoms with Gasteiger partial charge in [0, 0.05) is 17.8 Å². The van der Waals surface area contributed by atoms with E-state index >= 15 is 0 Å². The zero-order chi connectivity index (χ0) is 14.7. The molecule has 2 unspecified atom stereocenters. The van der Waals surface area contributed by atoms with E-state index in [2.05, 4.69) is 36.5 Å². The quantitative estimate of drug-likeness (QED) is 0.862. The van der Waals surface area contributed by atoms with Crippen LogP contribution in [0.5, 0.6) is 0 Å². The zero-order valence-corrected chi connectivity index (χ0v) is 12.6. The Morgan fingerprint density at radius 1 is 1.14 bits per heavy atom. The van der Waals surface area contributed by atoms with Crippen LogP contribution in [0.15, 0.2) is 40.8 Å². The summed E-state index contributed by atoms with van der Waals surface area (Å²) in [5.74, 6) is 3.43. The molecule has 2 atom stereocenters. The highest BCUT2D eigenvalue weighted by atomic mass is 16.3. The molecule has 0 saturated heterocycles. The largest absolute Gasteiger partial charge is 0.460 e. The lowest BCUT2D eigenvalue weighted by Gasteiger charge is -2.12. The van der Waals surface area contributed by atoms with E-state index in [0.717, 1.165) is 35.5 Å². The van der Waals surface area contributed by atoms with Crippen molar-refractivity contribution in [3.05, 3.63) is 42.2 Å². The molecule has 2 aromatic rings. The minimum Gasteiger partial charge on any atom is -0.460 e. The van der Waals surface area contributed by atoms with Gasteiger partial charge in [-0.05, 0) is 61.1 Å². The normalized spacial score (nSPS) is 21.6. The minimum absolute atomic E-state index is 0.444. The summed E-state index contributed by atoms with van der Waals surface area (Å²) in [4.78, 5) is 0. The Morgan fingerprint density at radius 2 is 1.95 bits per heavy atom. The molecule has 1 aliphatic carbocycles. The highest BCUT2D eigenvalue weighted by Gasteiger charge is 2.20. The number of nitrogens with two attached hydrogens (primary N) is 1. The minimum atomic E-state index is 0.444. The molecule has 0 amide bonds. The van der Waals surface area contributed by atoms with Gasteiger partial charge < -0.3 is 15.5 Å². The Bertz CT molecular complexity index is 573. The Hall–Kier alpha value is -1.74. The van der Waals surface area contributed by atoms with E-state index in [-0.39, 0.29) is 0 Å². The fraction of sp³-hybridized carbons (Fsp3) is 0.444. The third-order valence-corrected chi connectivity index (χ3v) is 4.43. The Labute approximate surface area is 126 Å². The summed E-state index contributed by atoms with van der Waals surface area (Å²) >= 11 is 0. The number of anilines is 1. The van der Waals surface area contributed by atoms with Crippen LogP contribution in [0, 0.1) is 11.8 Å². The summed E-state index contributed by atoms with van der Waals surface area (Å²) in [7, 11) is 0. The van der Waals surface area contributed by atoms with E-state index in [1.807, 2.05) is 12.1 Å². The summed E-state index contributed by atoms with van der Waals surface area (Å²) in [6.07, 6.45) is 4.10. The highest BCUT2D eigenvalue weighted by molar-refractivity contribution is 5.61. The van der Waals surface area contributed by atoms with Crippen molar-refractivity contribution >= 4 is 5.69 Å². The summed E-state index contributed by atoms with van der Waals surface area (Å²) in [6, 6.07) is 12.3. The fourth-order valence-corrected chi connectivity index (χ4v) is 3.17. The van der Waals surface area contributed by atoms with E-state index in [1.54, 1.807) is 0 Å². The fourth-order valence-electron chi connectivity index (χ4n) is 3.17. The second-order valence-electron chi connectivity index (χ2n) is 6.21. The van der Waals surface area contributed by atoms with Crippen LogP contribution in [0.4, 0.5) is 5.69 Å². The maximum Gasteiger partial charge on any atom is 0.134 e. The molecule has 3 N–H and O–H groups in total. The van der Waals surface area contributed by atoms with Gasteiger partial charge in [-0.25, -0.2) is 0 Å². The van der Waals surface area contributed by atoms with Crippen LogP contribution in [0.3, 0.4) is 0 Å². The van der Waals surface area contributed by atoms with Crippen molar-refractivity contribution in [3.8, 4) is 11.3 Å². The van der Waals surface area contributed by atoms with Gasteiger partial charge in [0.05, 0.1) is 6.54 Å². The van der Waals surface area contributed by atoms with Gasteiger partial charge >= 0.3 is 0 Å². The first-order valence-electron chi connectivity index (χ1n) is 7.87. The monoisotopic (exact) mass is 284 g/mol. The standard InChI is InChI=1S/C18H24N2O/c1-13-2-3-14(10-13)12-20-16-6-4-15(5-7-16)18-9-8-17(11-19)21-18/h4-9,13-14,20H,2-3,10-12,19H2,1H3. The molecule has 0 radical (unpaired) electrons. The molecule has 1 heterocycles. The number of furan rings is 1. The molecular formula is C18H24N2O. The molecule has 1 saturated carbocycles. The number of benzene rings is 1. The van der Waals surface area contributed by atoms with Gasteiger partial charge in [0.15, 0.2) is 0 Å². The lowest BCUT2D eigenvalue weighted by molar-refractivity contribution is 0.525. The number of hydrogen-bond donors (Lipinski definition) is 2. The molecule has 3 nitrogen and oxygen atoms in total. The molecule has 1 aromatic carbocycles. The second kappa shape index (κ2) is 6.35. The summed E-state index contributed by atoms with van der Waals surface area (Å²) in [6.45, 7) is 3.88. The number of nitrogens with one attached hydrogen (secondary N) is 1. The van der Waals surface area contributed by atoms with E-state index in [1.165, 1.54) is 24.9 Å². The van der Waals surface area contributed by atoms with E-state index in [0.29, 0.717) is 6.54 Å². The van der Waals surface area contributed by atoms with Crippen molar-refractivity contribution in [2.24, 2.45) is 17.6 Å². The van der Waals surface area contributed by atoms with E-state index in [9.17, 15) is 0 Å². The first kappa shape index (κ1) is 14.2. The van der Waals surface area contributed by atoms with Crippen LogP contribution < -0.4 is 11.1 Å². The number of hydrogen-bond acceptors (Lipinski definition) is 3. The summed E-state index contributed by atoms with van der Waals surface area (Å²) in [5.41, 5.74) is 7.85. The molecular weight excluding hydrogens is 260 g/mol. The maximum atomic E-state index is 5.67. The molecule has 21 heavy (non-hydrogen) atoms. The molecule has 1 fully saturated rings. The molecule has 0 bridgehead atoms. The van der Waals surface area contributed by atoms with Crippen LogP contribution >= 0.6 is 0 Å². The van der Waals surface area contributed by atoms with Crippen LogP contribution in [0.2, 0.25) is 0 Å². The Kier molecular flexibility index (Phi) is 4.30. The van der Waals surface area contributed by atoms with Crippen molar-refractivity contribution in [1.82, 2.24) is 0 Å². The molecule has 0 aliphatic heterocycles. The average molecular weight is 284 g/mol. The SMILES string of the molecule is CC1CCC(CNc2ccc(-c3ccc(CN)o3)cc2)C1. The molecule has 112 valence electrons. The van der Waals surface area contributed by atoms with Gasteiger partial charge in [-0.15, -0.1) is 0 Å². The first-order chi connectivity index (χ1) is 10.2. The van der Waals surface area contributed by atoms with Crippen molar-refractivity contribution in [2.75, 3.05) is 11.9 Å². The maximum absolute atomic E-state index is 5.67. The average Bonchev–Trinajstić information content (AvgIpc) is 3.14. The lowest BCUT2D eigenvalue weighted by Crippen LogP contribution is -2.11. The van der Waals surface area contributed by atoms with Gasteiger partial charge in [0.1, 0.15) is 11.5 Å². The third kappa shape index (κ3) is 3.48. The molecule has 3 heteroatoms. The van der Waals surface area contributed by atoms with Gasteiger partial charge in [-0.3, -0.25) is 0 Å². The Balaban J connectivity index is 1.58. The van der Waals surface area contributed by atoms with Crippen LogP contribution in [0.25, 0.3) is 11.3 Å². The topological polar surface area (TPSA) is 51.2 Å². The third-order valence-electron chi connectivity index (χ3n) is 4.43. The van der Waals surface area contributed by atoms with Crippen LogP contribution in [-0.2, 0) is 6.54 Å². The first-order valence-corrected chi connectivity index (χ1v) is 7.87. The van der Waals surface area contributed by atoms with Crippen LogP contribution in [0.1, 0.15) is 31.9 Å². The van der Waals surface area contributed by atoms with Crippen molar-refractivity contribution in [2.45, 2.75) is 32.7 Å². The Morgan fingerprint density at radius 3 is 2.57 bits per heavy atom. The van der Waals surface area contributed by atoms with E-state index in [4.69, 9.17) is 10.2 Å². The van der Waals surface area contributed by atoms with Gasteiger partial charge in [-0.2, -0.15) is 0 Å². The predicted octanol–water partition coefficient (Wildman–Crippen LogP) is 4.25. The van der Waals surface area contributed by atoms with Gasteiger partial charge in [0.25, 0.3) is 0 Å².